The summed E-state index contributed by atoms with van der Waals surface area (Å²) in [7, 11) is 0. The number of fused-ring (bicyclic) bond motifs is 2. The zero-order valence-electron chi connectivity index (χ0n) is 17.9. The van der Waals surface area contributed by atoms with Gasteiger partial charge in [0.05, 0.1) is 5.69 Å². The molecule has 0 aliphatic heterocycles. The van der Waals surface area contributed by atoms with Crippen LogP contribution in [0.2, 0.25) is 5.15 Å². The Bertz CT molecular complexity index is 1310. The molecule has 2 unspecified atom stereocenters. The number of hydrogen-bond donors (Lipinski definition) is 2. The lowest BCUT2D eigenvalue weighted by Gasteiger charge is -2.34. The molecule has 6 heteroatoms. The van der Waals surface area contributed by atoms with Gasteiger partial charge in [-0.05, 0) is 60.2 Å². The Labute approximate surface area is 196 Å². The molecule has 0 spiro atoms. The molecule has 1 aliphatic rings. The van der Waals surface area contributed by atoms with Crippen molar-refractivity contribution in [2.45, 2.75) is 31.2 Å². The van der Waals surface area contributed by atoms with E-state index in [2.05, 4.69) is 27.8 Å². The molecule has 0 bridgehead atoms. The minimum absolute atomic E-state index is 0.0497. The highest BCUT2D eigenvalue weighted by Gasteiger charge is 2.31. The Morgan fingerprint density at radius 2 is 1.88 bits per heavy atom. The van der Waals surface area contributed by atoms with Crippen LogP contribution in [0, 0.1) is 5.82 Å². The fraction of sp³-hybridized carbons (Fsp3) is 0.185. The molecule has 1 heterocycles. The van der Waals surface area contributed by atoms with Crippen LogP contribution in [0.1, 0.15) is 29.0 Å². The third-order valence-corrected chi connectivity index (χ3v) is 6.64. The molecule has 1 aromatic heterocycles. The van der Waals surface area contributed by atoms with Crippen molar-refractivity contribution in [3.63, 3.8) is 0 Å². The van der Waals surface area contributed by atoms with E-state index >= 15 is 0 Å². The van der Waals surface area contributed by atoms with E-state index in [1.165, 1.54) is 11.6 Å². The van der Waals surface area contributed by atoms with Gasteiger partial charge >= 0.3 is 6.03 Å². The first-order chi connectivity index (χ1) is 16.1. The van der Waals surface area contributed by atoms with Gasteiger partial charge in [0.15, 0.2) is 0 Å². The van der Waals surface area contributed by atoms with Crippen LogP contribution in [0.4, 0.5) is 14.9 Å². The van der Waals surface area contributed by atoms with Gasteiger partial charge in [0.2, 0.25) is 0 Å². The molecule has 1 aliphatic carbocycles. The Hall–Kier alpha value is -3.44. The summed E-state index contributed by atoms with van der Waals surface area (Å²) in [5.74, 6) is -0.172. The fourth-order valence-electron chi connectivity index (χ4n) is 4.78. The molecular weight excluding hydrogens is 437 g/mol. The number of hydrogen-bond acceptors (Lipinski definition) is 2. The van der Waals surface area contributed by atoms with Gasteiger partial charge in [0.1, 0.15) is 11.0 Å². The molecule has 2 amide bonds. The topological polar surface area (TPSA) is 54.0 Å². The summed E-state index contributed by atoms with van der Waals surface area (Å²) in [4.78, 5) is 17.2. The van der Waals surface area contributed by atoms with Gasteiger partial charge < -0.3 is 10.6 Å². The molecule has 4 aromatic rings. The molecule has 3 aromatic carbocycles. The van der Waals surface area contributed by atoms with Gasteiger partial charge in [-0.25, -0.2) is 14.2 Å². The maximum atomic E-state index is 13.9. The van der Waals surface area contributed by atoms with Crippen molar-refractivity contribution in [2.75, 3.05) is 5.32 Å². The van der Waals surface area contributed by atoms with Crippen molar-refractivity contribution in [3.05, 3.63) is 107 Å². The standard InChI is InChI=1S/C27H23ClFN3O/c28-26-22-7-4-8-24(21(22)13-14-30-26)31-27(33)32-25-12-9-18-16-19(29)10-11-20(18)23(25)15-17-5-2-1-3-6-17/h1-8,10-11,13-14,16,23,25H,9,12,15H2,(H2,31,32,33). The van der Waals surface area contributed by atoms with E-state index in [-0.39, 0.29) is 23.8 Å². The molecule has 2 atom stereocenters. The molecule has 2 N–H and O–H groups in total. The van der Waals surface area contributed by atoms with E-state index in [0.717, 1.165) is 41.2 Å². The van der Waals surface area contributed by atoms with Crippen LogP contribution < -0.4 is 10.6 Å². The van der Waals surface area contributed by atoms with Gasteiger partial charge in [-0.3, -0.25) is 0 Å². The van der Waals surface area contributed by atoms with Crippen molar-refractivity contribution in [1.29, 1.82) is 0 Å². The second-order valence-corrected chi connectivity index (χ2v) is 8.74. The monoisotopic (exact) mass is 459 g/mol. The molecular formula is C27H23ClFN3O. The van der Waals surface area contributed by atoms with Crippen LogP contribution in [-0.4, -0.2) is 17.1 Å². The second-order valence-electron chi connectivity index (χ2n) is 8.39. The number of urea groups is 1. The number of pyridine rings is 1. The highest BCUT2D eigenvalue weighted by molar-refractivity contribution is 6.34. The maximum Gasteiger partial charge on any atom is 0.319 e. The lowest BCUT2D eigenvalue weighted by atomic mass is 9.76. The molecule has 166 valence electrons. The molecule has 0 saturated heterocycles. The van der Waals surface area contributed by atoms with E-state index in [9.17, 15) is 9.18 Å². The van der Waals surface area contributed by atoms with Crippen LogP contribution in [0.25, 0.3) is 10.8 Å². The number of amides is 2. The lowest BCUT2D eigenvalue weighted by Crippen LogP contribution is -2.44. The van der Waals surface area contributed by atoms with Crippen molar-refractivity contribution < 1.29 is 9.18 Å². The van der Waals surface area contributed by atoms with Crippen LogP contribution in [-0.2, 0) is 12.8 Å². The summed E-state index contributed by atoms with van der Waals surface area (Å²) in [5.41, 5.74) is 3.97. The number of rotatable bonds is 4. The number of carbonyl (C=O) groups excluding carboxylic acids is 1. The zero-order valence-corrected chi connectivity index (χ0v) is 18.6. The van der Waals surface area contributed by atoms with E-state index < -0.39 is 0 Å². The van der Waals surface area contributed by atoms with Gasteiger partial charge in [-0.2, -0.15) is 0 Å². The number of nitrogens with zero attached hydrogens (tertiary/aromatic N) is 1. The maximum absolute atomic E-state index is 13.9. The van der Waals surface area contributed by atoms with Crippen molar-refractivity contribution >= 4 is 34.1 Å². The van der Waals surface area contributed by atoms with Crippen LogP contribution in [0.5, 0.6) is 0 Å². The minimum atomic E-state index is -0.274. The Morgan fingerprint density at radius 1 is 1.03 bits per heavy atom. The molecule has 5 rings (SSSR count). The Balaban J connectivity index is 1.40. The van der Waals surface area contributed by atoms with E-state index in [1.54, 1.807) is 12.3 Å². The first-order valence-electron chi connectivity index (χ1n) is 11.0. The third-order valence-electron chi connectivity index (χ3n) is 6.34. The van der Waals surface area contributed by atoms with Crippen molar-refractivity contribution in [3.8, 4) is 0 Å². The molecule has 4 nitrogen and oxygen atoms in total. The van der Waals surface area contributed by atoms with Gasteiger partial charge in [-0.15, -0.1) is 0 Å². The Morgan fingerprint density at radius 3 is 2.73 bits per heavy atom. The number of anilines is 1. The molecule has 0 saturated carbocycles. The largest absolute Gasteiger partial charge is 0.334 e. The predicted molar refractivity (Wildman–Crippen MR) is 130 cm³/mol. The number of nitrogens with one attached hydrogen (secondary N) is 2. The van der Waals surface area contributed by atoms with Gasteiger partial charge in [0, 0.05) is 28.9 Å². The van der Waals surface area contributed by atoms with E-state index in [4.69, 9.17) is 11.6 Å². The summed E-state index contributed by atoms with van der Waals surface area (Å²) >= 11 is 6.21. The normalized spacial score (nSPS) is 17.4. The number of aromatic nitrogens is 1. The first kappa shape index (κ1) is 21.4. The van der Waals surface area contributed by atoms with E-state index in [0.29, 0.717) is 10.8 Å². The number of carbonyl (C=O) groups is 1. The SMILES string of the molecule is O=C(Nc1cccc2c(Cl)nccc12)NC1CCc2cc(F)ccc2C1Cc1ccccc1. The molecule has 0 radical (unpaired) electrons. The quantitative estimate of drug-likeness (QED) is 0.343. The molecule has 0 fully saturated rings. The average molecular weight is 460 g/mol. The predicted octanol–water partition coefficient (Wildman–Crippen LogP) is 6.49. The fourth-order valence-corrected chi connectivity index (χ4v) is 5.00. The third kappa shape index (κ3) is 4.55. The summed E-state index contributed by atoms with van der Waals surface area (Å²) in [6, 6.07) is 22.2. The molecule has 33 heavy (non-hydrogen) atoms. The van der Waals surface area contributed by atoms with Gasteiger partial charge in [-0.1, -0.05) is 60.1 Å². The Kier molecular flexibility index (Phi) is 5.97. The highest BCUT2D eigenvalue weighted by atomic mass is 35.5. The van der Waals surface area contributed by atoms with Crippen LogP contribution >= 0.6 is 11.6 Å². The van der Waals surface area contributed by atoms with Crippen molar-refractivity contribution in [2.24, 2.45) is 0 Å². The van der Waals surface area contributed by atoms with Crippen LogP contribution in [0.15, 0.2) is 79.0 Å². The minimum Gasteiger partial charge on any atom is -0.334 e. The summed E-state index contributed by atoms with van der Waals surface area (Å²) < 4.78 is 13.9. The number of benzene rings is 3. The zero-order chi connectivity index (χ0) is 22.8. The van der Waals surface area contributed by atoms with Crippen LogP contribution in [0.3, 0.4) is 0 Å². The summed E-state index contributed by atoms with van der Waals surface area (Å²) in [6.45, 7) is 0. The number of halogens is 2. The average Bonchev–Trinajstić information content (AvgIpc) is 2.82. The summed E-state index contributed by atoms with van der Waals surface area (Å²) in [6.07, 6.45) is 3.85. The smallest absolute Gasteiger partial charge is 0.319 e. The highest BCUT2D eigenvalue weighted by Crippen LogP contribution is 2.35. The first-order valence-corrected chi connectivity index (χ1v) is 11.4. The van der Waals surface area contributed by atoms with Crippen molar-refractivity contribution in [1.82, 2.24) is 10.3 Å². The second kappa shape index (κ2) is 9.20. The van der Waals surface area contributed by atoms with E-state index in [1.807, 2.05) is 48.5 Å². The van der Waals surface area contributed by atoms with Gasteiger partial charge in [0.25, 0.3) is 0 Å². The lowest BCUT2D eigenvalue weighted by molar-refractivity contribution is 0.244. The number of aryl methyl sites for hydroxylation is 1. The summed E-state index contributed by atoms with van der Waals surface area (Å²) in [5, 5.41) is 8.18.